The summed E-state index contributed by atoms with van der Waals surface area (Å²) in [5.74, 6) is 0.296. The molecule has 1 heterocycles. The average Bonchev–Trinajstić information content (AvgIpc) is 2.93. The number of methoxy groups -OCH3 is 1. The lowest BCUT2D eigenvalue weighted by atomic mass is 9.71. The van der Waals surface area contributed by atoms with Crippen LogP contribution in [0.4, 0.5) is 5.69 Å². The summed E-state index contributed by atoms with van der Waals surface area (Å²) in [7, 11) is 1.54. The summed E-state index contributed by atoms with van der Waals surface area (Å²) in [6, 6.07) is 9.62. The van der Waals surface area contributed by atoms with Crippen LogP contribution in [0.25, 0.3) is 0 Å². The maximum atomic E-state index is 13.4. The van der Waals surface area contributed by atoms with Gasteiger partial charge in [0.05, 0.1) is 11.6 Å². The van der Waals surface area contributed by atoms with Crippen LogP contribution >= 0.6 is 15.9 Å². The molecule has 0 radical (unpaired) electrons. The normalized spacial score (nSPS) is 17.6. The molecule has 2 aromatic rings. The monoisotopic (exact) mass is 606 g/mol. The van der Waals surface area contributed by atoms with Crippen molar-refractivity contribution in [3.63, 3.8) is 0 Å². The Labute approximate surface area is 243 Å². The number of carbonyl (C=O) groups is 3. The molecule has 1 aliphatic heterocycles. The lowest BCUT2D eigenvalue weighted by Crippen LogP contribution is -2.39. The van der Waals surface area contributed by atoms with Gasteiger partial charge in [0.25, 0.3) is 5.91 Å². The predicted octanol–water partition coefficient (Wildman–Crippen LogP) is 6.53. The number of nitrogens with zero attached hydrogens (tertiary/aromatic N) is 1. The van der Waals surface area contributed by atoms with Gasteiger partial charge in [-0.1, -0.05) is 12.1 Å². The van der Waals surface area contributed by atoms with Crippen LogP contribution in [0, 0.1) is 13.8 Å². The number of halogens is 1. The highest BCUT2D eigenvalue weighted by molar-refractivity contribution is 9.10. The Morgan fingerprint density at radius 1 is 1.00 bits per heavy atom. The minimum absolute atomic E-state index is 0.105. The van der Waals surface area contributed by atoms with Crippen LogP contribution < -0.4 is 14.8 Å². The molecule has 5 rings (SSSR count). The van der Waals surface area contributed by atoms with Crippen molar-refractivity contribution in [3.8, 4) is 11.5 Å². The first-order chi connectivity index (χ1) is 19.2. The van der Waals surface area contributed by atoms with Crippen LogP contribution in [0.3, 0.4) is 0 Å². The standard InChI is InChI=1S/C32H35BrN2O5/c1-5-35-23-8-6-10-25(36)30(23)29(31-24(35)9-7-11-26(31)37)20-15-21(33)32(27(16-20)39-4)40-17-28(38)34-22-14-18(2)12-13-19(22)3/h12-16,29H,5-11,17H2,1-4H3,(H,34,38). The van der Waals surface area contributed by atoms with E-state index in [1.807, 2.05) is 44.2 Å². The van der Waals surface area contributed by atoms with Gasteiger partial charge in [-0.2, -0.15) is 0 Å². The van der Waals surface area contributed by atoms with Crippen LogP contribution in [0.5, 0.6) is 11.5 Å². The number of ketones is 2. The Bertz CT molecular complexity index is 1410. The quantitative estimate of drug-likeness (QED) is 0.386. The van der Waals surface area contributed by atoms with Crippen LogP contribution in [-0.2, 0) is 14.4 Å². The van der Waals surface area contributed by atoms with Crippen molar-refractivity contribution in [2.24, 2.45) is 0 Å². The Kier molecular flexibility index (Phi) is 8.17. The Morgan fingerprint density at radius 3 is 2.25 bits per heavy atom. The highest BCUT2D eigenvalue weighted by Gasteiger charge is 2.43. The molecular weight excluding hydrogens is 572 g/mol. The maximum Gasteiger partial charge on any atom is 0.262 e. The number of ether oxygens (including phenoxy) is 2. The summed E-state index contributed by atoms with van der Waals surface area (Å²) >= 11 is 3.63. The summed E-state index contributed by atoms with van der Waals surface area (Å²) in [5.41, 5.74) is 7.14. The lowest BCUT2D eigenvalue weighted by Gasteiger charge is -2.43. The van der Waals surface area contributed by atoms with Gasteiger partial charge in [-0.05, 0) is 97.3 Å². The molecule has 0 bridgehead atoms. The molecule has 0 fully saturated rings. The first-order valence-electron chi connectivity index (χ1n) is 13.9. The fourth-order valence-corrected chi connectivity index (χ4v) is 6.75. The topological polar surface area (TPSA) is 84.9 Å². The number of hydrogen-bond acceptors (Lipinski definition) is 6. The molecule has 0 spiro atoms. The van der Waals surface area contributed by atoms with E-state index in [2.05, 4.69) is 33.1 Å². The van der Waals surface area contributed by atoms with Crippen LogP contribution in [0.2, 0.25) is 0 Å². The third-order valence-electron chi connectivity index (χ3n) is 8.00. The molecule has 0 saturated heterocycles. The van der Waals surface area contributed by atoms with Gasteiger partial charge in [-0.3, -0.25) is 14.4 Å². The van der Waals surface area contributed by atoms with E-state index in [0.29, 0.717) is 28.8 Å². The largest absolute Gasteiger partial charge is 0.493 e. The molecule has 3 aliphatic rings. The molecule has 7 nitrogen and oxygen atoms in total. The third-order valence-corrected chi connectivity index (χ3v) is 8.59. The van der Waals surface area contributed by atoms with E-state index in [1.54, 1.807) is 7.11 Å². The van der Waals surface area contributed by atoms with Crippen molar-refractivity contribution >= 4 is 39.1 Å². The lowest BCUT2D eigenvalue weighted by molar-refractivity contribution is -0.118. The Morgan fingerprint density at radius 2 is 1.65 bits per heavy atom. The number of rotatable bonds is 7. The summed E-state index contributed by atoms with van der Waals surface area (Å²) < 4.78 is 12.2. The van der Waals surface area contributed by atoms with Gasteiger partial charge in [-0.15, -0.1) is 0 Å². The average molecular weight is 608 g/mol. The van der Waals surface area contributed by atoms with E-state index in [-0.39, 0.29) is 24.1 Å². The van der Waals surface area contributed by atoms with E-state index in [0.717, 1.165) is 77.1 Å². The zero-order chi connectivity index (χ0) is 28.6. The first kappa shape index (κ1) is 28.1. The van der Waals surface area contributed by atoms with Gasteiger partial charge >= 0.3 is 0 Å². The molecule has 0 aromatic heterocycles. The molecule has 8 heteroatoms. The number of carbonyl (C=O) groups excluding carboxylic acids is 3. The highest BCUT2D eigenvalue weighted by Crippen LogP contribution is 2.51. The Balaban J connectivity index is 1.49. The van der Waals surface area contributed by atoms with Gasteiger partial charge in [0.2, 0.25) is 0 Å². The minimum Gasteiger partial charge on any atom is -0.493 e. The number of benzene rings is 2. The Hall–Kier alpha value is -3.39. The smallest absolute Gasteiger partial charge is 0.262 e. The van der Waals surface area contributed by atoms with E-state index < -0.39 is 5.92 Å². The number of nitrogens with one attached hydrogen (secondary N) is 1. The van der Waals surface area contributed by atoms with Gasteiger partial charge in [0, 0.05) is 53.5 Å². The van der Waals surface area contributed by atoms with Gasteiger partial charge in [0.15, 0.2) is 29.7 Å². The molecule has 1 N–H and O–H groups in total. The second kappa shape index (κ2) is 11.6. The number of Topliss-reactive ketones (excluding diaryl/α,β-unsaturated/α-hetero) is 2. The molecule has 0 atom stereocenters. The van der Waals surface area contributed by atoms with Crippen molar-refractivity contribution in [1.82, 2.24) is 4.90 Å². The van der Waals surface area contributed by atoms with E-state index in [4.69, 9.17) is 9.47 Å². The minimum atomic E-state index is -0.444. The number of anilines is 1. The number of hydrogen-bond donors (Lipinski definition) is 1. The summed E-state index contributed by atoms with van der Waals surface area (Å²) in [6.07, 6.45) is 4.26. The van der Waals surface area contributed by atoms with Crippen LogP contribution in [-0.4, -0.2) is 42.6 Å². The van der Waals surface area contributed by atoms with Gasteiger partial charge in [0.1, 0.15) is 0 Å². The number of aryl methyl sites for hydroxylation is 2. The highest BCUT2D eigenvalue weighted by atomic mass is 79.9. The number of amides is 1. The van der Waals surface area contributed by atoms with Crippen molar-refractivity contribution < 1.29 is 23.9 Å². The molecular formula is C32H35BrN2O5. The van der Waals surface area contributed by atoms with Gasteiger partial charge < -0.3 is 19.7 Å². The maximum absolute atomic E-state index is 13.4. The van der Waals surface area contributed by atoms with E-state index >= 15 is 0 Å². The summed E-state index contributed by atoms with van der Waals surface area (Å²) in [4.78, 5) is 41.8. The van der Waals surface area contributed by atoms with Crippen molar-refractivity contribution in [3.05, 3.63) is 74.0 Å². The zero-order valence-corrected chi connectivity index (χ0v) is 25.1. The second-order valence-electron chi connectivity index (χ2n) is 10.6. The van der Waals surface area contributed by atoms with E-state index in [1.165, 1.54) is 0 Å². The molecule has 2 aromatic carbocycles. The van der Waals surface area contributed by atoms with Crippen molar-refractivity contribution in [2.45, 2.75) is 65.2 Å². The SMILES string of the molecule is CCN1C2=C(C(=O)CCC2)C(c2cc(Br)c(OCC(=O)Nc3cc(C)ccc3C)c(OC)c2)C2=C1CCCC2=O. The van der Waals surface area contributed by atoms with Gasteiger partial charge in [-0.25, -0.2) is 0 Å². The molecule has 210 valence electrons. The molecule has 0 saturated carbocycles. The fourth-order valence-electron chi connectivity index (χ4n) is 6.17. The van der Waals surface area contributed by atoms with Crippen LogP contribution in [0.15, 0.2) is 57.3 Å². The second-order valence-corrected chi connectivity index (χ2v) is 11.5. The molecule has 2 aliphatic carbocycles. The third kappa shape index (κ3) is 5.21. The number of allylic oxidation sites excluding steroid dienone is 4. The zero-order valence-electron chi connectivity index (χ0n) is 23.5. The summed E-state index contributed by atoms with van der Waals surface area (Å²) in [5, 5.41) is 2.91. The van der Waals surface area contributed by atoms with Crippen molar-refractivity contribution in [2.75, 3.05) is 25.6 Å². The molecule has 1 amide bonds. The summed E-state index contributed by atoms with van der Waals surface area (Å²) in [6.45, 7) is 6.51. The molecule has 40 heavy (non-hydrogen) atoms. The fraction of sp³-hybridized carbons (Fsp3) is 0.406. The first-order valence-corrected chi connectivity index (χ1v) is 14.7. The van der Waals surface area contributed by atoms with E-state index in [9.17, 15) is 14.4 Å². The molecule has 0 unspecified atom stereocenters. The van der Waals surface area contributed by atoms with Crippen LogP contribution in [0.1, 0.15) is 68.1 Å². The van der Waals surface area contributed by atoms with Crippen molar-refractivity contribution in [1.29, 1.82) is 0 Å². The predicted molar refractivity (Wildman–Crippen MR) is 158 cm³/mol.